The van der Waals surface area contributed by atoms with Gasteiger partial charge in [0.1, 0.15) is 0 Å². The highest BCUT2D eigenvalue weighted by molar-refractivity contribution is 5.95. The Morgan fingerprint density at radius 1 is 1.35 bits per heavy atom. The maximum Gasteiger partial charge on any atom is 0.251 e. The van der Waals surface area contributed by atoms with Gasteiger partial charge in [-0.25, -0.2) is 0 Å². The molecule has 0 bridgehead atoms. The first-order valence-electron chi connectivity index (χ1n) is 6.88. The van der Waals surface area contributed by atoms with Crippen LogP contribution in [0, 0.1) is 12.8 Å². The van der Waals surface area contributed by atoms with Crippen molar-refractivity contribution >= 4 is 11.6 Å². The molecule has 0 heterocycles. The number of carbonyl (C=O) groups is 1. The summed E-state index contributed by atoms with van der Waals surface area (Å²) < 4.78 is 0. The Morgan fingerprint density at radius 3 is 2.45 bits per heavy atom. The van der Waals surface area contributed by atoms with Gasteiger partial charge in [0.25, 0.3) is 5.91 Å². The van der Waals surface area contributed by atoms with Gasteiger partial charge in [-0.15, -0.1) is 0 Å². The standard InChI is InChI=1S/C15H26N4O/c1-10(2)14(9-19(4)5)17-15(20)12-6-7-13(18-16)11(3)8-12/h6-8,10,14,18H,9,16H2,1-5H3,(H,17,20). The average molecular weight is 278 g/mol. The summed E-state index contributed by atoms with van der Waals surface area (Å²) in [6.07, 6.45) is 0. The molecule has 0 saturated heterocycles. The first kappa shape index (κ1) is 16.5. The molecule has 1 aromatic carbocycles. The summed E-state index contributed by atoms with van der Waals surface area (Å²) in [4.78, 5) is 14.4. The third-order valence-corrected chi connectivity index (χ3v) is 3.33. The number of nitrogen functional groups attached to an aromatic ring is 1. The Labute approximate surface area is 121 Å². The van der Waals surface area contributed by atoms with Crippen LogP contribution < -0.4 is 16.6 Å². The van der Waals surface area contributed by atoms with Crippen LogP contribution in [-0.2, 0) is 0 Å². The van der Waals surface area contributed by atoms with E-state index in [-0.39, 0.29) is 11.9 Å². The second-order valence-electron chi connectivity index (χ2n) is 5.76. The van der Waals surface area contributed by atoms with E-state index in [0.717, 1.165) is 17.8 Å². The van der Waals surface area contributed by atoms with E-state index in [9.17, 15) is 4.79 Å². The topological polar surface area (TPSA) is 70.4 Å². The number of amides is 1. The molecule has 20 heavy (non-hydrogen) atoms. The Morgan fingerprint density at radius 2 is 2.00 bits per heavy atom. The van der Waals surface area contributed by atoms with Gasteiger partial charge >= 0.3 is 0 Å². The van der Waals surface area contributed by atoms with E-state index in [4.69, 9.17) is 5.84 Å². The number of carbonyl (C=O) groups excluding carboxylic acids is 1. The van der Waals surface area contributed by atoms with Gasteiger partial charge in [-0.3, -0.25) is 10.6 Å². The number of hydrogen-bond acceptors (Lipinski definition) is 4. The van der Waals surface area contributed by atoms with Crippen LogP contribution in [-0.4, -0.2) is 37.5 Å². The first-order chi connectivity index (χ1) is 9.35. The number of nitrogens with zero attached hydrogens (tertiary/aromatic N) is 1. The molecule has 0 fully saturated rings. The molecule has 1 unspecified atom stereocenters. The van der Waals surface area contributed by atoms with Crippen LogP contribution in [0.1, 0.15) is 29.8 Å². The van der Waals surface area contributed by atoms with Crippen molar-refractivity contribution < 1.29 is 4.79 Å². The molecule has 112 valence electrons. The van der Waals surface area contributed by atoms with E-state index >= 15 is 0 Å². The average Bonchev–Trinajstić information content (AvgIpc) is 2.37. The summed E-state index contributed by atoms with van der Waals surface area (Å²) in [7, 11) is 4.01. The molecule has 5 heteroatoms. The summed E-state index contributed by atoms with van der Waals surface area (Å²) in [5.41, 5.74) is 5.05. The summed E-state index contributed by atoms with van der Waals surface area (Å²) in [6.45, 7) is 6.97. The van der Waals surface area contributed by atoms with E-state index in [1.807, 2.05) is 33.2 Å². The number of hydrazine groups is 1. The van der Waals surface area contributed by atoms with Gasteiger partial charge in [0.05, 0.1) is 5.69 Å². The predicted octanol–water partition coefficient (Wildman–Crippen LogP) is 1.60. The highest BCUT2D eigenvalue weighted by Crippen LogP contribution is 2.15. The van der Waals surface area contributed by atoms with E-state index in [1.165, 1.54) is 0 Å². The molecule has 0 aliphatic carbocycles. The molecule has 1 aromatic rings. The number of rotatable bonds is 6. The summed E-state index contributed by atoms with van der Waals surface area (Å²) in [5.74, 6) is 5.73. The molecule has 1 atom stereocenters. The molecule has 1 amide bonds. The van der Waals surface area contributed by atoms with Crippen LogP contribution in [0.5, 0.6) is 0 Å². The van der Waals surface area contributed by atoms with Crippen molar-refractivity contribution in [3.63, 3.8) is 0 Å². The van der Waals surface area contributed by atoms with Crippen LogP contribution in [0.2, 0.25) is 0 Å². The van der Waals surface area contributed by atoms with Crippen molar-refractivity contribution in [3.8, 4) is 0 Å². The Balaban J connectivity index is 2.81. The fraction of sp³-hybridized carbons (Fsp3) is 0.533. The number of aryl methyl sites for hydroxylation is 1. The molecule has 4 N–H and O–H groups in total. The van der Waals surface area contributed by atoms with Crippen molar-refractivity contribution in [1.29, 1.82) is 0 Å². The maximum atomic E-state index is 12.3. The Bertz CT molecular complexity index is 457. The molecule has 0 aliphatic rings. The molecule has 0 aromatic heterocycles. The lowest BCUT2D eigenvalue weighted by Crippen LogP contribution is -2.45. The maximum absolute atomic E-state index is 12.3. The molecular formula is C15H26N4O. The highest BCUT2D eigenvalue weighted by Gasteiger charge is 2.18. The second-order valence-corrected chi connectivity index (χ2v) is 5.76. The molecule has 0 spiro atoms. The lowest BCUT2D eigenvalue weighted by molar-refractivity contribution is 0.0916. The van der Waals surface area contributed by atoms with Crippen molar-refractivity contribution in [1.82, 2.24) is 10.2 Å². The van der Waals surface area contributed by atoms with Crippen molar-refractivity contribution in [3.05, 3.63) is 29.3 Å². The van der Waals surface area contributed by atoms with E-state index in [0.29, 0.717) is 11.5 Å². The predicted molar refractivity (Wildman–Crippen MR) is 83.6 cm³/mol. The lowest BCUT2D eigenvalue weighted by atomic mass is 10.0. The van der Waals surface area contributed by atoms with Gasteiger partial charge in [0, 0.05) is 18.2 Å². The summed E-state index contributed by atoms with van der Waals surface area (Å²) in [5, 5.41) is 3.10. The number of benzene rings is 1. The van der Waals surface area contributed by atoms with Gasteiger partial charge in [0.15, 0.2) is 0 Å². The largest absolute Gasteiger partial charge is 0.348 e. The zero-order valence-electron chi connectivity index (χ0n) is 13.0. The molecule has 0 radical (unpaired) electrons. The number of nitrogens with one attached hydrogen (secondary N) is 2. The number of nitrogens with two attached hydrogens (primary N) is 1. The zero-order chi connectivity index (χ0) is 15.3. The van der Waals surface area contributed by atoms with Gasteiger partial charge in [-0.2, -0.15) is 0 Å². The van der Waals surface area contributed by atoms with Crippen molar-refractivity contribution in [2.45, 2.75) is 26.8 Å². The molecule has 5 nitrogen and oxygen atoms in total. The third-order valence-electron chi connectivity index (χ3n) is 3.33. The van der Waals surface area contributed by atoms with Crippen molar-refractivity contribution in [2.75, 3.05) is 26.1 Å². The van der Waals surface area contributed by atoms with Crippen LogP contribution >= 0.6 is 0 Å². The molecule has 0 saturated carbocycles. The van der Waals surface area contributed by atoms with E-state index in [1.54, 1.807) is 6.07 Å². The summed E-state index contributed by atoms with van der Waals surface area (Å²) >= 11 is 0. The minimum atomic E-state index is -0.0442. The van der Waals surface area contributed by atoms with E-state index in [2.05, 4.69) is 29.5 Å². The first-order valence-corrected chi connectivity index (χ1v) is 6.88. The van der Waals surface area contributed by atoms with Crippen LogP contribution in [0.3, 0.4) is 0 Å². The minimum Gasteiger partial charge on any atom is -0.348 e. The number of hydrogen-bond donors (Lipinski definition) is 3. The molecular weight excluding hydrogens is 252 g/mol. The zero-order valence-corrected chi connectivity index (χ0v) is 13.0. The van der Waals surface area contributed by atoms with Gasteiger partial charge in [0.2, 0.25) is 0 Å². The Hall–Kier alpha value is -1.59. The van der Waals surface area contributed by atoms with Gasteiger partial charge in [-0.1, -0.05) is 13.8 Å². The van der Waals surface area contributed by atoms with Crippen LogP contribution in [0.4, 0.5) is 5.69 Å². The number of likely N-dealkylation sites (N-methyl/N-ethyl adjacent to an activating group) is 1. The van der Waals surface area contributed by atoms with Crippen molar-refractivity contribution in [2.24, 2.45) is 11.8 Å². The quantitative estimate of drug-likeness (QED) is 0.546. The summed E-state index contributed by atoms with van der Waals surface area (Å²) in [6, 6.07) is 5.58. The minimum absolute atomic E-state index is 0.0442. The lowest BCUT2D eigenvalue weighted by Gasteiger charge is -2.25. The third kappa shape index (κ3) is 4.51. The van der Waals surface area contributed by atoms with Crippen LogP contribution in [0.15, 0.2) is 18.2 Å². The van der Waals surface area contributed by atoms with Gasteiger partial charge in [-0.05, 0) is 50.7 Å². The van der Waals surface area contributed by atoms with Crippen LogP contribution in [0.25, 0.3) is 0 Å². The molecule has 1 rings (SSSR count). The highest BCUT2D eigenvalue weighted by atomic mass is 16.1. The Kier molecular flexibility index (Phi) is 5.98. The smallest absolute Gasteiger partial charge is 0.251 e. The molecule has 0 aliphatic heterocycles. The van der Waals surface area contributed by atoms with Gasteiger partial charge < -0.3 is 15.6 Å². The fourth-order valence-corrected chi connectivity index (χ4v) is 2.04. The normalized spacial score (nSPS) is 12.6. The second kappa shape index (κ2) is 7.26. The fourth-order valence-electron chi connectivity index (χ4n) is 2.04. The monoisotopic (exact) mass is 278 g/mol. The number of anilines is 1. The SMILES string of the molecule is Cc1cc(C(=O)NC(CN(C)C)C(C)C)ccc1NN. The van der Waals surface area contributed by atoms with E-state index < -0.39 is 0 Å².